The van der Waals surface area contributed by atoms with Crippen LogP contribution in [-0.2, 0) is 0 Å². The van der Waals surface area contributed by atoms with Crippen molar-refractivity contribution in [3.8, 4) is 0 Å². The number of hydrogen-bond acceptors (Lipinski definition) is 4. The zero-order valence-corrected chi connectivity index (χ0v) is 10.1. The normalized spacial score (nSPS) is 10.6. The van der Waals surface area contributed by atoms with Gasteiger partial charge in [0.2, 0.25) is 0 Å². The first-order chi connectivity index (χ1) is 8.24. The van der Waals surface area contributed by atoms with E-state index in [4.69, 9.17) is 5.84 Å². The fourth-order valence-corrected chi connectivity index (χ4v) is 2.31. The lowest BCUT2D eigenvalue weighted by atomic mass is 10.2. The Bertz CT molecular complexity index is 606. The zero-order valence-electron chi connectivity index (χ0n) is 9.30. The largest absolute Gasteiger partial charge is 0.334 e. The fraction of sp³-hybridized carbons (Fsp3) is 0.167. The lowest BCUT2D eigenvalue weighted by Crippen LogP contribution is -2.29. The monoisotopic (exact) mass is 247 g/mol. The molecular formula is C12H13N3OS. The summed E-state index contributed by atoms with van der Waals surface area (Å²) in [6.45, 7) is 3.65. The molecule has 0 radical (unpaired) electrons. The Morgan fingerprint density at radius 1 is 1.47 bits per heavy atom. The first-order valence-corrected chi connectivity index (χ1v) is 6.23. The lowest BCUT2D eigenvalue weighted by molar-refractivity contribution is 0.779. The predicted molar refractivity (Wildman–Crippen MR) is 71.7 cm³/mol. The number of benzene rings is 1. The molecule has 4 nitrogen and oxygen atoms in total. The highest BCUT2D eigenvalue weighted by Gasteiger charge is 2.08. The highest BCUT2D eigenvalue weighted by molar-refractivity contribution is 7.99. The number of thioether (sulfide) groups is 1. The molecule has 17 heavy (non-hydrogen) atoms. The van der Waals surface area contributed by atoms with Gasteiger partial charge in [0.25, 0.3) is 5.56 Å². The van der Waals surface area contributed by atoms with Gasteiger partial charge in [0, 0.05) is 5.75 Å². The molecule has 1 heterocycles. The third-order valence-electron chi connectivity index (χ3n) is 2.33. The van der Waals surface area contributed by atoms with Crippen LogP contribution >= 0.6 is 11.8 Å². The van der Waals surface area contributed by atoms with Crippen LogP contribution in [0, 0.1) is 0 Å². The molecule has 0 atom stereocenters. The molecule has 2 N–H and O–H groups in total. The van der Waals surface area contributed by atoms with E-state index in [2.05, 4.69) is 11.6 Å². The summed E-state index contributed by atoms with van der Waals surface area (Å²) in [4.78, 5) is 16.3. The fourth-order valence-electron chi connectivity index (χ4n) is 1.46. The van der Waals surface area contributed by atoms with Crippen molar-refractivity contribution in [1.29, 1.82) is 0 Å². The SMILES string of the molecule is C=CCCSc1nc2ccccc2c(=O)n1N. The van der Waals surface area contributed by atoms with Crippen LogP contribution in [0.4, 0.5) is 0 Å². The molecule has 0 saturated carbocycles. The number of nitrogen functional groups attached to an aromatic ring is 1. The zero-order chi connectivity index (χ0) is 12.3. The van der Waals surface area contributed by atoms with Gasteiger partial charge in [-0.1, -0.05) is 30.0 Å². The summed E-state index contributed by atoms with van der Waals surface area (Å²) in [5.41, 5.74) is 0.469. The second kappa shape index (κ2) is 5.05. The Labute approximate surface area is 103 Å². The molecule has 0 aliphatic carbocycles. The summed E-state index contributed by atoms with van der Waals surface area (Å²) in [7, 11) is 0. The number of aromatic nitrogens is 2. The average molecular weight is 247 g/mol. The van der Waals surface area contributed by atoms with Gasteiger partial charge in [-0.3, -0.25) is 4.79 Å². The van der Waals surface area contributed by atoms with Crippen molar-refractivity contribution in [2.45, 2.75) is 11.6 Å². The average Bonchev–Trinajstić information content (AvgIpc) is 2.35. The van der Waals surface area contributed by atoms with E-state index >= 15 is 0 Å². The molecule has 0 amide bonds. The smallest absolute Gasteiger partial charge is 0.280 e. The number of hydrogen-bond donors (Lipinski definition) is 1. The van der Waals surface area contributed by atoms with Crippen LogP contribution in [0.25, 0.3) is 10.9 Å². The Morgan fingerprint density at radius 2 is 2.24 bits per heavy atom. The highest BCUT2D eigenvalue weighted by Crippen LogP contribution is 2.16. The first-order valence-electron chi connectivity index (χ1n) is 5.24. The van der Waals surface area contributed by atoms with E-state index in [1.807, 2.05) is 18.2 Å². The quantitative estimate of drug-likeness (QED) is 0.294. The van der Waals surface area contributed by atoms with E-state index in [1.54, 1.807) is 12.1 Å². The second-order valence-electron chi connectivity index (χ2n) is 3.51. The summed E-state index contributed by atoms with van der Waals surface area (Å²) >= 11 is 1.46. The number of para-hydroxylation sites is 1. The van der Waals surface area contributed by atoms with Gasteiger partial charge >= 0.3 is 0 Å². The highest BCUT2D eigenvalue weighted by atomic mass is 32.2. The molecule has 2 rings (SSSR count). The van der Waals surface area contributed by atoms with Crippen LogP contribution in [0.5, 0.6) is 0 Å². The van der Waals surface area contributed by atoms with Gasteiger partial charge in [-0.2, -0.15) is 0 Å². The molecule has 0 unspecified atom stereocenters. The summed E-state index contributed by atoms with van der Waals surface area (Å²) in [5.74, 6) is 6.54. The van der Waals surface area contributed by atoms with Gasteiger partial charge in [0.15, 0.2) is 5.16 Å². The van der Waals surface area contributed by atoms with Crippen LogP contribution in [-0.4, -0.2) is 15.4 Å². The van der Waals surface area contributed by atoms with Crippen molar-refractivity contribution in [3.63, 3.8) is 0 Å². The van der Waals surface area contributed by atoms with Gasteiger partial charge < -0.3 is 5.84 Å². The van der Waals surface area contributed by atoms with Crippen LogP contribution in [0.15, 0.2) is 46.9 Å². The van der Waals surface area contributed by atoms with Crippen molar-refractivity contribution < 1.29 is 0 Å². The Kier molecular flexibility index (Phi) is 3.49. The summed E-state index contributed by atoms with van der Waals surface area (Å²) in [6, 6.07) is 7.20. The van der Waals surface area contributed by atoms with Crippen LogP contribution in [0.3, 0.4) is 0 Å². The molecular weight excluding hydrogens is 234 g/mol. The molecule has 1 aromatic heterocycles. The van der Waals surface area contributed by atoms with Crippen molar-refractivity contribution in [2.75, 3.05) is 11.6 Å². The lowest BCUT2D eigenvalue weighted by Gasteiger charge is -2.07. The third-order valence-corrected chi connectivity index (χ3v) is 3.31. The van der Waals surface area contributed by atoms with E-state index in [1.165, 1.54) is 11.8 Å². The maximum Gasteiger partial charge on any atom is 0.280 e. The molecule has 88 valence electrons. The number of rotatable bonds is 4. The maximum absolute atomic E-state index is 11.9. The number of nitrogens with zero attached hydrogens (tertiary/aromatic N) is 2. The molecule has 2 aromatic rings. The van der Waals surface area contributed by atoms with Gasteiger partial charge in [-0.15, -0.1) is 6.58 Å². The van der Waals surface area contributed by atoms with Gasteiger partial charge in [0.05, 0.1) is 10.9 Å². The molecule has 0 aliphatic heterocycles. The Balaban J connectivity index is 2.46. The molecule has 0 spiro atoms. The molecule has 1 aromatic carbocycles. The van der Waals surface area contributed by atoms with Gasteiger partial charge in [0.1, 0.15) is 0 Å². The third kappa shape index (κ3) is 2.34. The van der Waals surface area contributed by atoms with Gasteiger partial charge in [-0.25, -0.2) is 9.66 Å². The van der Waals surface area contributed by atoms with E-state index in [-0.39, 0.29) is 5.56 Å². The van der Waals surface area contributed by atoms with Crippen molar-refractivity contribution in [2.24, 2.45) is 0 Å². The minimum Gasteiger partial charge on any atom is -0.334 e. The van der Waals surface area contributed by atoms with E-state index < -0.39 is 0 Å². The Morgan fingerprint density at radius 3 is 3.00 bits per heavy atom. The van der Waals surface area contributed by atoms with Crippen LogP contribution in [0.1, 0.15) is 6.42 Å². The van der Waals surface area contributed by atoms with Crippen LogP contribution < -0.4 is 11.4 Å². The summed E-state index contributed by atoms with van der Waals surface area (Å²) < 4.78 is 1.11. The minimum atomic E-state index is -0.211. The van der Waals surface area contributed by atoms with Crippen molar-refractivity contribution >= 4 is 22.7 Å². The molecule has 0 aliphatic rings. The topological polar surface area (TPSA) is 60.9 Å². The minimum absolute atomic E-state index is 0.211. The Hall–Kier alpha value is -1.75. The van der Waals surface area contributed by atoms with Gasteiger partial charge in [-0.05, 0) is 18.6 Å². The number of fused-ring (bicyclic) bond motifs is 1. The van der Waals surface area contributed by atoms with Crippen molar-refractivity contribution in [1.82, 2.24) is 9.66 Å². The maximum atomic E-state index is 11.9. The number of allylic oxidation sites excluding steroid dienone is 1. The first kappa shape index (κ1) is 11.7. The van der Waals surface area contributed by atoms with Crippen molar-refractivity contribution in [3.05, 3.63) is 47.3 Å². The standard InChI is InChI=1S/C12H13N3OS/c1-2-3-8-17-12-14-10-7-5-4-6-9(10)11(16)15(12)13/h2,4-7H,1,3,8,13H2. The van der Waals surface area contributed by atoms with Crippen LogP contribution in [0.2, 0.25) is 0 Å². The van der Waals surface area contributed by atoms with E-state index in [0.717, 1.165) is 16.8 Å². The second-order valence-corrected chi connectivity index (χ2v) is 4.57. The molecule has 0 bridgehead atoms. The van der Waals surface area contributed by atoms with E-state index in [9.17, 15) is 4.79 Å². The molecule has 0 fully saturated rings. The molecule has 5 heteroatoms. The summed E-state index contributed by atoms with van der Waals surface area (Å²) in [6.07, 6.45) is 2.68. The molecule has 0 saturated heterocycles. The predicted octanol–water partition coefficient (Wildman–Crippen LogP) is 1.78. The number of nitrogens with two attached hydrogens (primary N) is 1. The summed E-state index contributed by atoms with van der Waals surface area (Å²) in [5, 5.41) is 1.08. The van der Waals surface area contributed by atoms with E-state index in [0.29, 0.717) is 16.1 Å².